The summed E-state index contributed by atoms with van der Waals surface area (Å²) in [7, 11) is 3.79. The van der Waals surface area contributed by atoms with Gasteiger partial charge in [-0.2, -0.15) is 0 Å². The molecule has 0 heterocycles. The molecule has 0 aliphatic carbocycles. The van der Waals surface area contributed by atoms with E-state index >= 15 is 0 Å². The first kappa shape index (κ1) is 11.8. The van der Waals surface area contributed by atoms with Gasteiger partial charge in [0.1, 0.15) is 12.4 Å². The van der Waals surface area contributed by atoms with E-state index in [2.05, 4.69) is 0 Å². The lowest BCUT2D eigenvalue weighted by atomic mass is 10.4. The maximum atomic E-state index is 10.9. The van der Waals surface area contributed by atoms with Crippen LogP contribution in [0, 0.1) is 0 Å². The Bertz CT molecular complexity index is 199. The highest BCUT2D eigenvalue weighted by Gasteiger charge is 2.06. The van der Waals surface area contributed by atoms with Gasteiger partial charge in [0.25, 0.3) is 0 Å². The van der Waals surface area contributed by atoms with E-state index in [1.807, 2.05) is 19.0 Å². The number of nitrogens with zero attached hydrogens (tertiary/aromatic N) is 1. The summed E-state index contributed by atoms with van der Waals surface area (Å²) >= 11 is 0. The largest absolute Gasteiger partial charge is 0.458 e. The normalized spacial score (nSPS) is 13.2. The topological polar surface area (TPSA) is 46.6 Å². The molecule has 0 aromatic carbocycles. The summed E-state index contributed by atoms with van der Waals surface area (Å²) in [5.74, 6) is -0.485. The second-order valence-electron chi connectivity index (χ2n) is 3.00. The molecule has 0 radical (unpaired) electrons. The van der Waals surface area contributed by atoms with Crippen LogP contribution in [0.1, 0.15) is 6.92 Å². The average molecular weight is 185 g/mol. The molecule has 74 valence electrons. The van der Waals surface area contributed by atoms with E-state index in [0.29, 0.717) is 12.8 Å². The summed E-state index contributed by atoms with van der Waals surface area (Å²) < 4.78 is 4.94. The molecule has 0 N–H and O–H groups in total. The Morgan fingerprint density at radius 1 is 1.54 bits per heavy atom. The Labute approximate surface area is 78.2 Å². The summed E-state index contributed by atoms with van der Waals surface area (Å²) in [5, 5.41) is 0. The van der Waals surface area contributed by atoms with E-state index < -0.39 is 5.97 Å². The van der Waals surface area contributed by atoms with E-state index in [-0.39, 0.29) is 6.10 Å². The second-order valence-corrected chi connectivity index (χ2v) is 3.00. The van der Waals surface area contributed by atoms with E-state index in [9.17, 15) is 9.59 Å². The maximum absolute atomic E-state index is 10.9. The zero-order chi connectivity index (χ0) is 10.3. The van der Waals surface area contributed by atoms with Crippen LogP contribution < -0.4 is 0 Å². The predicted molar refractivity (Wildman–Crippen MR) is 49.3 cm³/mol. The molecule has 0 fully saturated rings. The zero-order valence-corrected chi connectivity index (χ0v) is 8.19. The molecule has 13 heavy (non-hydrogen) atoms. The fraction of sp³-hybridized carbons (Fsp3) is 0.556. The van der Waals surface area contributed by atoms with Gasteiger partial charge in [-0.05, 0) is 27.1 Å². The van der Waals surface area contributed by atoms with Crippen molar-refractivity contribution in [3.63, 3.8) is 0 Å². The van der Waals surface area contributed by atoms with E-state index in [1.165, 1.54) is 0 Å². The zero-order valence-electron chi connectivity index (χ0n) is 8.19. The molecule has 0 aromatic rings. The molecular weight excluding hydrogens is 170 g/mol. The van der Waals surface area contributed by atoms with Crippen LogP contribution >= 0.6 is 0 Å². The van der Waals surface area contributed by atoms with Crippen LogP contribution in [0.2, 0.25) is 0 Å². The van der Waals surface area contributed by atoms with Crippen LogP contribution in [0.25, 0.3) is 0 Å². The smallest absolute Gasteiger partial charge is 0.331 e. The first-order valence-corrected chi connectivity index (χ1v) is 4.03. The van der Waals surface area contributed by atoms with Crippen molar-refractivity contribution in [3.8, 4) is 0 Å². The lowest BCUT2D eigenvalue weighted by Gasteiger charge is -2.16. The minimum atomic E-state index is -0.485. The minimum Gasteiger partial charge on any atom is -0.458 e. The van der Waals surface area contributed by atoms with Crippen molar-refractivity contribution in [3.05, 3.63) is 12.2 Å². The molecule has 4 heteroatoms. The Morgan fingerprint density at radius 3 is 2.62 bits per heavy atom. The lowest BCUT2D eigenvalue weighted by molar-refractivity contribution is -0.142. The third-order valence-corrected chi connectivity index (χ3v) is 1.25. The van der Waals surface area contributed by atoms with Crippen molar-refractivity contribution in [2.75, 3.05) is 20.6 Å². The predicted octanol–water partition coefficient (Wildman–Crippen LogP) is 0.235. The number of hydrogen-bond acceptors (Lipinski definition) is 4. The third-order valence-electron chi connectivity index (χ3n) is 1.25. The molecule has 0 spiro atoms. The Kier molecular flexibility index (Phi) is 5.80. The molecule has 1 atom stereocenters. The van der Waals surface area contributed by atoms with Crippen molar-refractivity contribution < 1.29 is 14.3 Å². The number of aldehydes is 1. The molecule has 1 unspecified atom stereocenters. The quantitative estimate of drug-likeness (QED) is 0.349. The standard InChI is InChI=1S/C9H15NO3/c1-8(7-10(2)3)13-9(12)5-4-6-11/h4-6,8H,7H2,1-3H3/b5-4+. The van der Waals surface area contributed by atoms with Crippen molar-refractivity contribution in [2.45, 2.75) is 13.0 Å². The summed E-state index contributed by atoms with van der Waals surface area (Å²) in [6.07, 6.45) is 2.60. The first-order valence-electron chi connectivity index (χ1n) is 4.03. The number of carbonyl (C=O) groups is 2. The number of carbonyl (C=O) groups excluding carboxylic acids is 2. The van der Waals surface area contributed by atoms with Crippen molar-refractivity contribution >= 4 is 12.3 Å². The van der Waals surface area contributed by atoms with Crippen molar-refractivity contribution in [1.29, 1.82) is 0 Å². The Hall–Kier alpha value is -1.16. The van der Waals surface area contributed by atoms with Gasteiger partial charge in [0.15, 0.2) is 0 Å². The Morgan fingerprint density at radius 2 is 2.15 bits per heavy atom. The highest BCUT2D eigenvalue weighted by Crippen LogP contribution is 1.93. The number of esters is 1. The summed E-state index contributed by atoms with van der Waals surface area (Å²) in [4.78, 5) is 22.7. The van der Waals surface area contributed by atoms with Crippen molar-refractivity contribution in [2.24, 2.45) is 0 Å². The number of hydrogen-bond donors (Lipinski definition) is 0. The minimum absolute atomic E-state index is 0.168. The van der Waals surface area contributed by atoms with Gasteiger partial charge in [-0.1, -0.05) is 0 Å². The highest BCUT2D eigenvalue weighted by molar-refractivity contribution is 5.86. The van der Waals surface area contributed by atoms with Gasteiger partial charge in [0.05, 0.1) is 0 Å². The molecule has 0 aromatic heterocycles. The van der Waals surface area contributed by atoms with Gasteiger partial charge in [-0.3, -0.25) is 4.79 Å². The summed E-state index contributed by atoms with van der Waals surface area (Å²) in [6.45, 7) is 2.47. The maximum Gasteiger partial charge on any atom is 0.331 e. The summed E-state index contributed by atoms with van der Waals surface area (Å²) in [6, 6.07) is 0. The SMILES string of the molecule is CC(CN(C)C)OC(=O)/C=C/C=O. The third kappa shape index (κ3) is 7.21. The van der Waals surface area contributed by atoms with Gasteiger partial charge in [-0.15, -0.1) is 0 Å². The molecule has 4 nitrogen and oxygen atoms in total. The van der Waals surface area contributed by atoms with Crippen LogP contribution in [0.5, 0.6) is 0 Å². The number of allylic oxidation sites excluding steroid dienone is 1. The fourth-order valence-corrected chi connectivity index (χ4v) is 0.907. The van der Waals surface area contributed by atoms with Crippen LogP contribution in [-0.4, -0.2) is 43.9 Å². The van der Waals surface area contributed by atoms with Crippen molar-refractivity contribution in [1.82, 2.24) is 4.90 Å². The van der Waals surface area contributed by atoms with E-state index in [1.54, 1.807) is 6.92 Å². The monoisotopic (exact) mass is 185 g/mol. The number of likely N-dealkylation sites (N-methyl/N-ethyl adjacent to an activating group) is 1. The average Bonchev–Trinajstić information content (AvgIpc) is 1.98. The molecule has 0 saturated carbocycles. The number of rotatable bonds is 5. The second kappa shape index (κ2) is 6.37. The lowest BCUT2D eigenvalue weighted by Crippen LogP contribution is -2.27. The Balaban J connectivity index is 3.77. The molecule has 0 bridgehead atoms. The molecular formula is C9H15NO3. The van der Waals surface area contributed by atoms with Gasteiger partial charge < -0.3 is 9.64 Å². The molecule has 0 rings (SSSR count). The van der Waals surface area contributed by atoms with Crippen LogP contribution in [0.4, 0.5) is 0 Å². The molecule has 0 aliphatic heterocycles. The van der Waals surface area contributed by atoms with Gasteiger partial charge >= 0.3 is 5.97 Å². The number of ether oxygens (including phenoxy) is 1. The highest BCUT2D eigenvalue weighted by atomic mass is 16.5. The molecule has 0 amide bonds. The molecule has 0 aliphatic rings. The molecule has 0 saturated heterocycles. The van der Waals surface area contributed by atoms with Gasteiger partial charge in [0.2, 0.25) is 0 Å². The summed E-state index contributed by atoms with van der Waals surface area (Å²) in [5.41, 5.74) is 0. The van der Waals surface area contributed by atoms with Crippen LogP contribution in [0.15, 0.2) is 12.2 Å². The first-order chi connectivity index (χ1) is 6.06. The van der Waals surface area contributed by atoms with E-state index in [4.69, 9.17) is 4.74 Å². The van der Waals surface area contributed by atoms with E-state index in [0.717, 1.165) is 12.2 Å². The van der Waals surface area contributed by atoms with Crippen LogP contribution in [-0.2, 0) is 14.3 Å². The van der Waals surface area contributed by atoms with Gasteiger partial charge in [0, 0.05) is 12.6 Å². The van der Waals surface area contributed by atoms with Crippen LogP contribution in [0.3, 0.4) is 0 Å². The fourth-order valence-electron chi connectivity index (χ4n) is 0.907. The van der Waals surface area contributed by atoms with Gasteiger partial charge in [-0.25, -0.2) is 4.79 Å².